The number of benzene rings is 1. The Bertz CT molecular complexity index is 723. The molecule has 0 radical (unpaired) electrons. The highest BCUT2D eigenvalue weighted by molar-refractivity contribution is 9.11. The van der Waals surface area contributed by atoms with E-state index >= 15 is 0 Å². The molecule has 102 valence electrons. The van der Waals surface area contributed by atoms with E-state index in [9.17, 15) is 8.42 Å². The van der Waals surface area contributed by atoms with Crippen molar-refractivity contribution in [2.24, 2.45) is 0 Å². The number of halogens is 2. The van der Waals surface area contributed by atoms with Crippen molar-refractivity contribution in [2.75, 3.05) is 4.72 Å². The summed E-state index contributed by atoms with van der Waals surface area (Å²) in [5.41, 5.74) is 1.45. The molecule has 0 atom stereocenters. The highest BCUT2D eigenvalue weighted by Crippen LogP contribution is 2.31. The second-order valence-electron chi connectivity index (χ2n) is 4.04. The molecule has 7 heteroatoms. The lowest BCUT2D eigenvalue weighted by atomic mass is 10.2. The number of sulfonamides is 1. The SMILES string of the molecule is Cc1ccc(Br)cc1NS(=O)(=O)c1cc(Br)sc1C. The van der Waals surface area contributed by atoms with E-state index in [4.69, 9.17) is 0 Å². The van der Waals surface area contributed by atoms with Gasteiger partial charge in [-0.2, -0.15) is 0 Å². The third-order valence-electron chi connectivity index (χ3n) is 2.58. The van der Waals surface area contributed by atoms with Crippen molar-refractivity contribution in [1.82, 2.24) is 0 Å². The molecule has 3 nitrogen and oxygen atoms in total. The zero-order valence-corrected chi connectivity index (χ0v) is 15.0. The van der Waals surface area contributed by atoms with Gasteiger partial charge in [-0.15, -0.1) is 11.3 Å². The molecule has 0 fully saturated rings. The summed E-state index contributed by atoms with van der Waals surface area (Å²) in [6, 6.07) is 7.11. The van der Waals surface area contributed by atoms with Crippen molar-refractivity contribution in [2.45, 2.75) is 18.7 Å². The Morgan fingerprint density at radius 1 is 1.16 bits per heavy atom. The first-order chi connectivity index (χ1) is 8.79. The number of thiophene rings is 1. The second kappa shape index (κ2) is 5.55. The monoisotopic (exact) mass is 423 g/mol. The van der Waals surface area contributed by atoms with E-state index in [1.807, 2.05) is 19.1 Å². The number of aryl methyl sites for hydroxylation is 2. The van der Waals surface area contributed by atoms with Gasteiger partial charge in [0.15, 0.2) is 0 Å². The Labute approximate surface area is 133 Å². The number of hydrogen-bond acceptors (Lipinski definition) is 3. The van der Waals surface area contributed by atoms with Crippen molar-refractivity contribution in [1.29, 1.82) is 0 Å². The fourth-order valence-corrected chi connectivity index (χ4v) is 5.50. The topological polar surface area (TPSA) is 46.2 Å². The molecule has 0 aliphatic heterocycles. The van der Waals surface area contributed by atoms with E-state index in [0.29, 0.717) is 10.6 Å². The summed E-state index contributed by atoms with van der Waals surface area (Å²) in [5, 5.41) is 0. The number of anilines is 1. The maximum Gasteiger partial charge on any atom is 0.263 e. The van der Waals surface area contributed by atoms with Crippen molar-refractivity contribution in [3.63, 3.8) is 0 Å². The summed E-state index contributed by atoms with van der Waals surface area (Å²) < 4.78 is 29.0. The number of hydrogen-bond donors (Lipinski definition) is 1. The van der Waals surface area contributed by atoms with Gasteiger partial charge in [-0.25, -0.2) is 8.42 Å². The van der Waals surface area contributed by atoms with Crippen molar-refractivity contribution in [3.05, 3.63) is 43.0 Å². The Kier molecular flexibility index (Phi) is 4.39. The van der Waals surface area contributed by atoms with E-state index in [1.54, 1.807) is 19.1 Å². The van der Waals surface area contributed by atoms with E-state index < -0.39 is 10.0 Å². The van der Waals surface area contributed by atoms with Gasteiger partial charge in [-0.1, -0.05) is 22.0 Å². The third-order valence-corrected chi connectivity index (χ3v) is 6.24. The molecular formula is C12H11Br2NO2S2. The van der Waals surface area contributed by atoms with Crippen molar-refractivity contribution >= 4 is 58.9 Å². The van der Waals surface area contributed by atoms with Gasteiger partial charge in [-0.3, -0.25) is 4.72 Å². The van der Waals surface area contributed by atoms with Crippen LogP contribution in [0.3, 0.4) is 0 Å². The Morgan fingerprint density at radius 3 is 2.42 bits per heavy atom. The molecule has 1 aromatic heterocycles. The van der Waals surface area contributed by atoms with Crippen LogP contribution in [0.2, 0.25) is 0 Å². The van der Waals surface area contributed by atoms with Crippen LogP contribution in [0.5, 0.6) is 0 Å². The molecule has 2 aromatic rings. The van der Waals surface area contributed by atoms with Gasteiger partial charge < -0.3 is 0 Å². The van der Waals surface area contributed by atoms with Crippen LogP contribution in [0.1, 0.15) is 10.4 Å². The molecule has 1 heterocycles. The molecule has 0 aliphatic rings. The Morgan fingerprint density at radius 2 is 1.84 bits per heavy atom. The molecule has 2 rings (SSSR count). The average molecular weight is 425 g/mol. The molecule has 0 saturated carbocycles. The Hall–Kier alpha value is -0.370. The van der Waals surface area contributed by atoms with E-state index in [2.05, 4.69) is 36.6 Å². The zero-order valence-electron chi connectivity index (χ0n) is 10.2. The minimum absolute atomic E-state index is 0.309. The third kappa shape index (κ3) is 3.39. The lowest BCUT2D eigenvalue weighted by Crippen LogP contribution is -2.13. The lowest BCUT2D eigenvalue weighted by molar-refractivity contribution is 0.601. The summed E-state index contributed by atoms with van der Waals surface area (Å²) >= 11 is 8.05. The maximum absolute atomic E-state index is 12.4. The maximum atomic E-state index is 12.4. The van der Waals surface area contributed by atoms with Crippen LogP contribution in [0, 0.1) is 13.8 Å². The molecule has 1 aromatic carbocycles. The van der Waals surface area contributed by atoms with Crippen LogP contribution in [-0.2, 0) is 10.0 Å². The van der Waals surface area contributed by atoms with Crippen LogP contribution < -0.4 is 4.72 Å². The number of nitrogens with one attached hydrogen (secondary N) is 1. The van der Waals surface area contributed by atoms with Crippen LogP contribution in [-0.4, -0.2) is 8.42 Å². The van der Waals surface area contributed by atoms with Crippen molar-refractivity contribution < 1.29 is 8.42 Å². The molecule has 0 aliphatic carbocycles. The normalized spacial score (nSPS) is 11.6. The van der Waals surface area contributed by atoms with E-state index in [0.717, 1.165) is 18.7 Å². The molecular weight excluding hydrogens is 414 g/mol. The summed E-state index contributed by atoms with van der Waals surface area (Å²) in [4.78, 5) is 1.07. The van der Waals surface area contributed by atoms with Crippen LogP contribution >= 0.6 is 43.2 Å². The van der Waals surface area contributed by atoms with Crippen LogP contribution in [0.25, 0.3) is 0 Å². The summed E-state index contributed by atoms with van der Waals surface area (Å²) in [6.07, 6.45) is 0. The zero-order chi connectivity index (χ0) is 14.2. The molecule has 19 heavy (non-hydrogen) atoms. The standard InChI is InChI=1S/C12H11Br2NO2S2/c1-7-3-4-9(13)5-10(7)15-19(16,17)11-6-12(14)18-8(11)2/h3-6,15H,1-2H3. The predicted octanol–water partition coefficient (Wildman–Crippen LogP) is 4.69. The largest absolute Gasteiger partial charge is 0.279 e. The van der Waals surface area contributed by atoms with Crippen molar-refractivity contribution in [3.8, 4) is 0 Å². The molecule has 0 unspecified atom stereocenters. The van der Waals surface area contributed by atoms with Gasteiger partial charge in [0.1, 0.15) is 4.90 Å². The Balaban J connectivity index is 2.42. The van der Waals surface area contributed by atoms with Gasteiger partial charge in [0.2, 0.25) is 0 Å². The van der Waals surface area contributed by atoms with Gasteiger partial charge in [0.25, 0.3) is 10.0 Å². The molecule has 1 N–H and O–H groups in total. The molecule has 0 bridgehead atoms. The minimum Gasteiger partial charge on any atom is -0.279 e. The van der Waals surface area contributed by atoms with Gasteiger partial charge in [0, 0.05) is 9.35 Å². The fraction of sp³-hybridized carbons (Fsp3) is 0.167. The first kappa shape index (κ1) is 15.0. The predicted molar refractivity (Wildman–Crippen MR) is 86.4 cm³/mol. The van der Waals surface area contributed by atoms with E-state index in [1.165, 1.54) is 11.3 Å². The first-order valence-electron chi connectivity index (χ1n) is 5.34. The van der Waals surface area contributed by atoms with Crippen LogP contribution in [0.15, 0.2) is 37.4 Å². The van der Waals surface area contributed by atoms with E-state index in [-0.39, 0.29) is 0 Å². The summed E-state index contributed by atoms with van der Waals surface area (Å²) in [6.45, 7) is 3.65. The highest BCUT2D eigenvalue weighted by Gasteiger charge is 2.20. The first-order valence-corrected chi connectivity index (χ1v) is 9.23. The average Bonchev–Trinajstić information content (AvgIpc) is 2.63. The number of rotatable bonds is 3. The fourth-order valence-electron chi connectivity index (χ4n) is 1.60. The summed E-state index contributed by atoms with van der Waals surface area (Å²) in [7, 11) is -3.55. The minimum atomic E-state index is -3.55. The quantitative estimate of drug-likeness (QED) is 0.776. The summed E-state index contributed by atoms with van der Waals surface area (Å²) in [5.74, 6) is 0. The highest BCUT2D eigenvalue weighted by atomic mass is 79.9. The van der Waals surface area contributed by atoms with Gasteiger partial charge >= 0.3 is 0 Å². The molecule has 0 amide bonds. The molecule has 0 saturated heterocycles. The molecule has 0 spiro atoms. The lowest BCUT2D eigenvalue weighted by Gasteiger charge is -2.10. The smallest absolute Gasteiger partial charge is 0.263 e. The van der Waals surface area contributed by atoms with Gasteiger partial charge in [0.05, 0.1) is 9.47 Å². The second-order valence-corrected chi connectivity index (χ2v) is 9.24. The van der Waals surface area contributed by atoms with Gasteiger partial charge in [-0.05, 0) is 53.5 Å². The van der Waals surface area contributed by atoms with Crippen LogP contribution in [0.4, 0.5) is 5.69 Å².